The number of rotatable bonds is 3. The maximum atomic E-state index is 12.4. The van der Waals surface area contributed by atoms with Gasteiger partial charge >= 0.3 is 0 Å². The van der Waals surface area contributed by atoms with Gasteiger partial charge in [-0.05, 0) is 5.92 Å². The first-order chi connectivity index (χ1) is 12.1. The molecule has 1 aromatic carbocycles. The van der Waals surface area contributed by atoms with Gasteiger partial charge in [-0.3, -0.25) is 4.79 Å². The molecule has 3 heterocycles. The minimum atomic E-state index is -0.243. The summed E-state index contributed by atoms with van der Waals surface area (Å²) in [4.78, 5) is 23.4. The Morgan fingerprint density at radius 1 is 1.24 bits per heavy atom. The predicted molar refractivity (Wildman–Crippen MR) is 95.2 cm³/mol. The fourth-order valence-electron chi connectivity index (χ4n) is 3.36. The van der Waals surface area contributed by atoms with Crippen molar-refractivity contribution in [1.82, 2.24) is 24.9 Å². The molecular formula is C18H20N6O. The Hall–Kier alpha value is -2.96. The van der Waals surface area contributed by atoms with E-state index in [2.05, 4.69) is 39.1 Å². The zero-order valence-corrected chi connectivity index (χ0v) is 14.3. The molecule has 7 nitrogen and oxygen atoms in total. The smallest absolute Gasteiger partial charge is 0.254 e. The van der Waals surface area contributed by atoms with E-state index in [1.165, 1.54) is 6.33 Å². The molecular weight excluding hydrogens is 316 g/mol. The van der Waals surface area contributed by atoms with E-state index in [1.807, 2.05) is 36.4 Å². The summed E-state index contributed by atoms with van der Waals surface area (Å²) < 4.78 is 1.71. The van der Waals surface area contributed by atoms with Gasteiger partial charge in [0.25, 0.3) is 5.78 Å². The van der Waals surface area contributed by atoms with Gasteiger partial charge in [-0.2, -0.15) is 14.6 Å². The van der Waals surface area contributed by atoms with E-state index >= 15 is 0 Å². The molecule has 1 aliphatic rings. The number of nitrogens with one attached hydrogen (secondary N) is 1. The van der Waals surface area contributed by atoms with Gasteiger partial charge in [0.2, 0.25) is 5.91 Å². The summed E-state index contributed by atoms with van der Waals surface area (Å²) in [5.74, 6) is 1.60. The SMILES string of the molecule is CC(C)[C@H]1C(=O)NCCN1c1cc(-c2ccccc2)nc2ncnn12. The molecule has 1 fully saturated rings. The zero-order chi connectivity index (χ0) is 17.4. The van der Waals surface area contributed by atoms with E-state index in [4.69, 9.17) is 0 Å². The van der Waals surface area contributed by atoms with Crippen LogP contribution >= 0.6 is 0 Å². The highest BCUT2D eigenvalue weighted by Crippen LogP contribution is 2.27. The number of aromatic nitrogens is 4. The molecule has 4 rings (SSSR count). The second-order valence-corrected chi connectivity index (χ2v) is 6.51. The highest BCUT2D eigenvalue weighted by Gasteiger charge is 2.34. The lowest BCUT2D eigenvalue weighted by Gasteiger charge is -2.38. The van der Waals surface area contributed by atoms with E-state index in [9.17, 15) is 4.79 Å². The summed E-state index contributed by atoms with van der Waals surface area (Å²) in [7, 11) is 0. The molecule has 128 valence electrons. The number of nitrogens with zero attached hydrogens (tertiary/aromatic N) is 5. The highest BCUT2D eigenvalue weighted by molar-refractivity contribution is 5.87. The molecule has 0 radical (unpaired) electrons. The van der Waals surface area contributed by atoms with E-state index in [1.54, 1.807) is 4.52 Å². The van der Waals surface area contributed by atoms with Gasteiger partial charge < -0.3 is 10.2 Å². The summed E-state index contributed by atoms with van der Waals surface area (Å²) in [5, 5.41) is 7.28. The van der Waals surface area contributed by atoms with Crippen LogP contribution in [0.15, 0.2) is 42.7 Å². The lowest BCUT2D eigenvalue weighted by atomic mass is 9.99. The van der Waals surface area contributed by atoms with Crippen molar-refractivity contribution in [3.63, 3.8) is 0 Å². The van der Waals surface area contributed by atoms with Gasteiger partial charge in [-0.1, -0.05) is 44.2 Å². The average Bonchev–Trinajstić information content (AvgIpc) is 3.09. The molecule has 0 spiro atoms. The first-order valence-electron chi connectivity index (χ1n) is 8.45. The van der Waals surface area contributed by atoms with Crippen molar-refractivity contribution in [3.8, 4) is 11.3 Å². The number of carbonyl (C=O) groups excluding carboxylic acids is 1. The van der Waals surface area contributed by atoms with Crippen molar-refractivity contribution < 1.29 is 4.79 Å². The van der Waals surface area contributed by atoms with Crippen LogP contribution in [-0.2, 0) is 4.79 Å². The molecule has 1 N–H and O–H groups in total. The number of fused-ring (bicyclic) bond motifs is 1. The van der Waals surface area contributed by atoms with Crippen molar-refractivity contribution >= 4 is 17.5 Å². The molecule has 0 unspecified atom stereocenters. The molecule has 0 bridgehead atoms. The Kier molecular flexibility index (Phi) is 3.83. The molecule has 0 aliphatic carbocycles. The maximum absolute atomic E-state index is 12.4. The molecule has 1 saturated heterocycles. The third-order valence-corrected chi connectivity index (χ3v) is 4.48. The summed E-state index contributed by atoms with van der Waals surface area (Å²) in [6.45, 7) is 5.45. The summed E-state index contributed by atoms with van der Waals surface area (Å²) in [5.41, 5.74) is 1.83. The van der Waals surface area contributed by atoms with Crippen molar-refractivity contribution in [2.75, 3.05) is 18.0 Å². The van der Waals surface area contributed by atoms with Gasteiger partial charge in [-0.15, -0.1) is 0 Å². The second-order valence-electron chi connectivity index (χ2n) is 6.51. The maximum Gasteiger partial charge on any atom is 0.254 e. The molecule has 7 heteroatoms. The van der Waals surface area contributed by atoms with Gasteiger partial charge in [0.1, 0.15) is 18.2 Å². The van der Waals surface area contributed by atoms with Gasteiger partial charge in [0, 0.05) is 24.7 Å². The Labute approximate surface area is 145 Å². The van der Waals surface area contributed by atoms with E-state index in [0.29, 0.717) is 12.3 Å². The lowest BCUT2D eigenvalue weighted by Crippen LogP contribution is -2.58. The molecule has 25 heavy (non-hydrogen) atoms. The summed E-state index contributed by atoms with van der Waals surface area (Å²) in [6.07, 6.45) is 1.50. The third-order valence-electron chi connectivity index (χ3n) is 4.48. The molecule has 1 aliphatic heterocycles. The van der Waals surface area contributed by atoms with Crippen molar-refractivity contribution in [2.24, 2.45) is 5.92 Å². The number of amides is 1. The largest absolute Gasteiger partial charge is 0.353 e. The van der Waals surface area contributed by atoms with E-state index in [0.717, 1.165) is 23.6 Å². The van der Waals surface area contributed by atoms with E-state index < -0.39 is 0 Å². The van der Waals surface area contributed by atoms with Crippen LogP contribution in [-0.4, -0.2) is 44.6 Å². The van der Waals surface area contributed by atoms with Crippen LogP contribution in [0.4, 0.5) is 5.82 Å². The fourth-order valence-corrected chi connectivity index (χ4v) is 3.36. The number of piperazine rings is 1. The number of hydrogen-bond donors (Lipinski definition) is 1. The minimum Gasteiger partial charge on any atom is -0.353 e. The van der Waals surface area contributed by atoms with Crippen LogP contribution in [0.2, 0.25) is 0 Å². The normalized spacial score (nSPS) is 18.0. The monoisotopic (exact) mass is 336 g/mol. The molecule has 3 aromatic rings. The average molecular weight is 336 g/mol. The number of hydrogen-bond acceptors (Lipinski definition) is 5. The molecule has 2 aromatic heterocycles. The van der Waals surface area contributed by atoms with Crippen LogP contribution in [0, 0.1) is 5.92 Å². The molecule has 0 saturated carbocycles. The Morgan fingerprint density at radius 3 is 2.80 bits per heavy atom. The summed E-state index contributed by atoms with van der Waals surface area (Å²) >= 11 is 0. The number of carbonyl (C=O) groups is 1. The van der Waals surface area contributed by atoms with Crippen LogP contribution < -0.4 is 10.2 Å². The Bertz CT molecular complexity index is 904. The zero-order valence-electron chi connectivity index (χ0n) is 14.3. The molecule has 1 amide bonds. The van der Waals surface area contributed by atoms with Gasteiger partial charge in [0.05, 0.1) is 5.69 Å². The van der Waals surface area contributed by atoms with Gasteiger partial charge in [0.15, 0.2) is 0 Å². The lowest BCUT2D eigenvalue weighted by molar-refractivity contribution is -0.124. The standard InChI is InChI=1S/C18H20N6O/c1-12(2)16-17(25)19-8-9-23(16)15-10-14(13-6-4-3-5-7-13)22-18-20-11-21-24(15)18/h3-7,10-12,16H,8-9H2,1-2H3,(H,19,25)/t16-/m0/s1. The van der Waals surface area contributed by atoms with Crippen LogP contribution in [0.5, 0.6) is 0 Å². The van der Waals surface area contributed by atoms with Gasteiger partial charge in [-0.25, -0.2) is 4.98 Å². The quantitative estimate of drug-likeness (QED) is 0.789. The fraction of sp³-hybridized carbons (Fsp3) is 0.333. The minimum absolute atomic E-state index is 0.0487. The van der Waals surface area contributed by atoms with Crippen molar-refractivity contribution in [2.45, 2.75) is 19.9 Å². The number of anilines is 1. The van der Waals surface area contributed by atoms with Crippen LogP contribution in [0.3, 0.4) is 0 Å². The van der Waals surface area contributed by atoms with Crippen molar-refractivity contribution in [3.05, 3.63) is 42.7 Å². The third kappa shape index (κ3) is 2.71. The second kappa shape index (κ2) is 6.16. The predicted octanol–water partition coefficient (Wildman–Crippen LogP) is 1.75. The Balaban J connectivity index is 1.88. The summed E-state index contributed by atoms with van der Waals surface area (Å²) in [6, 6.07) is 11.7. The number of benzene rings is 1. The first kappa shape index (κ1) is 15.6. The Morgan fingerprint density at radius 2 is 2.04 bits per heavy atom. The van der Waals surface area contributed by atoms with E-state index in [-0.39, 0.29) is 17.9 Å². The highest BCUT2D eigenvalue weighted by atomic mass is 16.2. The van der Waals surface area contributed by atoms with Crippen molar-refractivity contribution in [1.29, 1.82) is 0 Å². The topological polar surface area (TPSA) is 75.4 Å². The van der Waals surface area contributed by atoms with Crippen LogP contribution in [0.1, 0.15) is 13.8 Å². The van der Waals surface area contributed by atoms with Crippen LogP contribution in [0.25, 0.3) is 17.0 Å². The molecule has 1 atom stereocenters. The first-order valence-corrected chi connectivity index (χ1v) is 8.45.